The van der Waals surface area contributed by atoms with Crippen LogP contribution in [0.3, 0.4) is 0 Å². The number of nitrogens with two attached hydrogens (primary N) is 1. The molecule has 1 aromatic carbocycles. The van der Waals surface area contributed by atoms with E-state index in [9.17, 15) is 4.79 Å². The first-order valence-electron chi connectivity index (χ1n) is 7.78. The Morgan fingerprint density at radius 1 is 1.43 bits per heavy atom. The summed E-state index contributed by atoms with van der Waals surface area (Å²) in [5.41, 5.74) is 7.10. The third kappa shape index (κ3) is 4.45. The van der Waals surface area contributed by atoms with Crippen LogP contribution in [0.4, 0.5) is 0 Å². The van der Waals surface area contributed by atoms with Crippen LogP contribution in [0.15, 0.2) is 24.3 Å². The van der Waals surface area contributed by atoms with Crippen molar-refractivity contribution >= 4 is 17.5 Å². The zero-order valence-corrected chi connectivity index (χ0v) is 13.6. The first-order chi connectivity index (χ1) is 9.97. The fourth-order valence-corrected chi connectivity index (χ4v) is 3.25. The standard InChI is InChI=1S/C17H25ClN2O/c1-12(2)20(11-13-5-3-7-15(18)9-13)17(21)14-6-4-8-16(19)10-14/h3,5,7,9,12,14,16H,4,6,8,10-11,19H2,1-2H3. The SMILES string of the molecule is CC(C)N(Cc1cccc(Cl)c1)C(=O)C1CCCC(N)C1. The summed E-state index contributed by atoms with van der Waals surface area (Å²) in [5.74, 6) is 0.315. The minimum absolute atomic E-state index is 0.0790. The van der Waals surface area contributed by atoms with Crippen LogP contribution in [0.25, 0.3) is 0 Å². The second-order valence-electron chi connectivity index (χ2n) is 6.31. The van der Waals surface area contributed by atoms with Crippen molar-refractivity contribution in [2.45, 2.75) is 58.2 Å². The maximum atomic E-state index is 12.8. The van der Waals surface area contributed by atoms with Crippen LogP contribution in [0, 0.1) is 5.92 Å². The predicted octanol–water partition coefficient (Wildman–Crippen LogP) is 3.59. The van der Waals surface area contributed by atoms with E-state index in [1.165, 1.54) is 0 Å². The number of amides is 1. The highest BCUT2D eigenvalue weighted by Crippen LogP contribution is 2.26. The van der Waals surface area contributed by atoms with Crippen molar-refractivity contribution in [1.82, 2.24) is 4.90 Å². The number of rotatable bonds is 4. The van der Waals surface area contributed by atoms with Crippen molar-refractivity contribution in [3.63, 3.8) is 0 Å². The van der Waals surface area contributed by atoms with Crippen molar-refractivity contribution in [3.05, 3.63) is 34.9 Å². The van der Waals surface area contributed by atoms with Crippen molar-refractivity contribution in [3.8, 4) is 0 Å². The van der Waals surface area contributed by atoms with Crippen LogP contribution in [0.2, 0.25) is 5.02 Å². The van der Waals surface area contributed by atoms with Gasteiger partial charge in [-0.3, -0.25) is 4.79 Å². The van der Waals surface area contributed by atoms with Crippen LogP contribution < -0.4 is 5.73 Å². The smallest absolute Gasteiger partial charge is 0.226 e. The van der Waals surface area contributed by atoms with E-state index >= 15 is 0 Å². The van der Waals surface area contributed by atoms with Crippen LogP contribution in [0.5, 0.6) is 0 Å². The van der Waals surface area contributed by atoms with Gasteiger partial charge in [-0.1, -0.05) is 30.2 Å². The quantitative estimate of drug-likeness (QED) is 0.924. The number of carbonyl (C=O) groups is 1. The van der Waals surface area contributed by atoms with Crippen molar-refractivity contribution in [2.24, 2.45) is 11.7 Å². The lowest BCUT2D eigenvalue weighted by atomic mass is 9.85. The fraction of sp³-hybridized carbons (Fsp3) is 0.588. The molecule has 2 unspecified atom stereocenters. The molecule has 1 fully saturated rings. The topological polar surface area (TPSA) is 46.3 Å². The molecule has 1 aromatic rings. The van der Waals surface area contributed by atoms with Gasteiger partial charge in [0, 0.05) is 29.6 Å². The molecule has 1 aliphatic carbocycles. The number of carbonyl (C=O) groups excluding carboxylic acids is 1. The van der Waals surface area contributed by atoms with Gasteiger partial charge in [0.15, 0.2) is 0 Å². The Hall–Kier alpha value is -1.06. The molecular formula is C17H25ClN2O. The van der Waals surface area contributed by atoms with E-state index in [1.54, 1.807) is 0 Å². The maximum absolute atomic E-state index is 12.8. The summed E-state index contributed by atoms with van der Waals surface area (Å²) in [6, 6.07) is 8.07. The largest absolute Gasteiger partial charge is 0.336 e. The van der Waals surface area contributed by atoms with Crippen molar-refractivity contribution in [1.29, 1.82) is 0 Å². The van der Waals surface area contributed by atoms with Gasteiger partial charge < -0.3 is 10.6 Å². The van der Waals surface area contributed by atoms with Crippen LogP contribution in [-0.2, 0) is 11.3 Å². The normalized spacial score (nSPS) is 22.3. The van der Waals surface area contributed by atoms with Gasteiger partial charge in [0.05, 0.1) is 0 Å². The number of nitrogens with zero attached hydrogens (tertiary/aromatic N) is 1. The van der Waals surface area contributed by atoms with Gasteiger partial charge in [-0.15, -0.1) is 0 Å². The predicted molar refractivity (Wildman–Crippen MR) is 87.1 cm³/mol. The highest BCUT2D eigenvalue weighted by molar-refractivity contribution is 6.30. The van der Waals surface area contributed by atoms with Crippen LogP contribution in [-0.4, -0.2) is 22.9 Å². The molecule has 0 aliphatic heterocycles. The third-order valence-electron chi connectivity index (χ3n) is 4.21. The molecule has 4 heteroatoms. The van der Waals surface area contributed by atoms with E-state index in [0.717, 1.165) is 31.2 Å². The Balaban J connectivity index is 2.09. The van der Waals surface area contributed by atoms with E-state index < -0.39 is 0 Å². The molecular weight excluding hydrogens is 284 g/mol. The number of benzene rings is 1. The molecule has 1 amide bonds. The molecule has 1 aliphatic rings. The van der Waals surface area contributed by atoms with Gasteiger partial charge in [0.25, 0.3) is 0 Å². The Kier molecular flexibility index (Phi) is 5.65. The minimum atomic E-state index is 0.0790. The zero-order chi connectivity index (χ0) is 15.4. The molecule has 0 radical (unpaired) electrons. The molecule has 0 bridgehead atoms. The second-order valence-corrected chi connectivity index (χ2v) is 6.75. The lowest BCUT2D eigenvalue weighted by Gasteiger charge is -2.34. The van der Waals surface area contributed by atoms with Gasteiger partial charge >= 0.3 is 0 Å². The fourth-order valence-electron chi connectivity index (χ4n) is 3.03. The van der Waals surface area contributed by atoms with E-state index in [0.29, 0.717) is 11.6 Å². The third-order valence-corrected chi connectivity index (χ3v) is 4.45. The summed E-state index contributed by atoms with van der Waals surface area (Å²) in [6.45, 7) is 4.74. The van der Waals surface area contributed by atoms with Gasteiger partial charge in [0.2, 0.25) is 5.91 Å². The molecule has 116 valence electrons. The summed E-state index contributed by atoms with van der Waals surface area (Å²) < 4.78 is 0. The highest BCUT2D eigenvalue weighted by atomic mass is 35.5. The molecule has 3 nitrogen and oxygen atoms in total. The average Bonchev–Trinajstić information content (AvgIpc) is 2.44. The molecule has 0 aromatic heterocycles. The van der Waals surface area contributed by atoms with Gasteiger partial charge in [-0.2, -0.15) is 0 Å². The molecule has 0 saturated heterocycles. The molecule has 21 heavy (non-hydrogen) atoms. The molecule has 2 N–H and O–H groups in total. The summed E-state index contributed by atoms with van der Waals surface area (Å²) in [5, 5.41) is 0.711. The lowest BCUT2D eigenvalue weighted by Crippen LogP contribution is -2.43. The number of hydrogen-bond donors (Lipinski definition) is 1. The Labute approximate surface area is 132 Å². The van der Waals surface area contributed by atoms with Crippen LogP contribution >= 0.6 is 11.6 Å². The molecule has 0 spiro atoms. The Morgan fingerprint density at radius 3 is 2.81 bits per heavy atom. The van der Waals surface area contributed by atoms with Crippen LogP contribution in [0.1, 0.15) is 45.1 Å². The number of halogens is 1. The first-order valence-corrected chi connectivity index (χ1v) is 8.15. The summed E-state index contributed by atoms with van der Waals surface area (Å²) >= 11 is 6.04. The van der Waals surface area contributed by atoms with Crippen molar-refractivity contribution < 1.29 is 4.79 Å². The zero-order valence-electron chi connectivity index (χ0n) is 12.9. The summed E-state index contributed by atoms with van der Waals surface area (Å²) in [6.07, 6.45) is 3.88. The second kappa shape index (κ2) is 7.28. The Morgan fingerprint density at radius 2 is 2.19 bits per heavy atom. The first kappa shape index (κ1) is 16.3. The average molecular weight is 309 g/mol. The van der Waals surface area contributed by atoms with Crippen molar-refractivity contribution in [2.75, 3.05) is 0 Å². The molecule has 1 saturated carbocycles. The van der Waals surface area contributed by atoms with Gasteiger partial charge in [-0.25, -0.2) is 0 Å². The summed E-state index contributed by atoms with van der Waals surface area (Å²) in [4.78, 5) is 14.8. The molecule has 0 heterocycles. The van der Waals surface area contributed by atoms with Gasteiger partial charge in [0.1, 0.15) is 0 Å². The van der Waals surface area contributed by atoms with E-state index in [4.69, 9.17) is 17.3 Å². The Bertz CT molecular complexity index is 489. The lowest BCUT2D eigenvalue weighted by molar-refractivity contribution is -0.139. The molecule has 2 rings (SSSR count). The highest BCUT2D eigenvalue weighted by Gasteiger charge is 2.30. The minimum Gasteiger partial charge on any atom is -0.336 e. The van der Waals surface area contributed by atoms with E-state index in [2.05, 4.69) is 13.8 Å². The maximum Gasteiger partial charge on any atom is 0.226 e. The monoisotopic (exact) mass is 308 g/mol. The van der Waals surface area contributed by atoms with E-state index in [1.807, 2.05) is 29.2 Å². The van der Waals surface area contributed by atoms with Gasteiger partial charge in [-0.05, 0) is 50.8 Å². The molecule has 2 atom stereocenters. The summed E-state index contributed by atoms with van der Waals surface area (Å²) in [7, 11) is 0. The number of hydrogen-bond acceptors (Lipinski definition) is 2. The van der Waals surface area contributed by atoms with E-state index in [-0.39, 0.29) is 23.9 Å².